The summed E-state index contributed by atoms with van der Waals surface area (Å²) in [5.41, 5.74) is -0.323. The highest BCUT2D eigenvalue weighted by Gasteiger charge is 2.30. The zero-order valence-electron chi connectivity index (χ0n) is 11.7. The molecule has 0 fully saturated rings. The lowest BCUT2D eigenvalue weighted by molar-refractivity contribution is -0.137. The minimum Gasteiger partial charge on any atom is -0.447 e. The fourth-order valence-electron chi connectivity index (χ4n) is 1.78. The van der Waals surface area contributed by atoms with Crippen molar-refractivity contribution in [2.24, 2.45) is 0 Å². The van der Waals surface area contributed by atoms with Crippen LogP contribution in [0.1, 0.15) is 27.5 Å². The van der Waals surface area contributed by atoms with Gasteiger partial charge in [-0.1, -0.05) is 12.1 Å². The van der Waals surface area contributed by atoms with E-state index >= 15 is 0 Å². The maximum Gasteiger partial charge on any atom is 0.416 e. The van der Waals surface area contributed by atoms with E-state index in [9.17, 15) is 18.0 Å². The minimum atomic E-state index is -4.41. The first-order valence-corrected chi connectivity index (χ1v) is 6.43. The molecule has 0 aliphatic heterocycles. The monoisotopic (exact) mass is 313 g/mol. The standard InChI is InChI=1S/C14H14F3N3O2/c1-18-7-12-20-11(8-22-12)13(21)19-6-9-3-2-4-10(5-9)14(15,16)17/h2-5,8,18H,6-7H2,1H3,(H,19,21). The van der Waals surface area contributed by atoms with Crippen molar-refractivity contribution in [1.82, 2.24) is 15.6 Å². The number of alkyl halides is 3. The summed E-state index contributed by atoms with van der Waals surface area (Å²) in [5, 5.41) is 5.32. The van der Waals surface area contributed by atoms with Gasteiger partial charge in [0.05, 0.1) is 12.1 Å². The summed E-state index contributed by atoms with van der Waals surface area (Å²) < 4.78 is 42.8. The number of halogens is 3. The molecule has 1 amide bonds. The van der Waals surface area contributed by atoms with E-state index in [2.05, 4.69) is 15.6 Å². The summed E-state index contributed by atoms with van der Waals surface area (Å²) in [4.78, 5) is 15.8. The number of aromatic nitrogens is 1. The molecule has 0 saturated heterocycles. The molecule has 2 aromatic rings. The van der Waals surface area contributed by atoms with Gasteiger partial charge in [-0.15, -0.1) is 0 Å². The number of rotatable bonds is 5. The van der Waals surface area contributed by atoms with Crippen molar-refractivity contribution in [3.63, 3.8) is 0 Å². The smallest absolute Gasteiger partial charge is 0.416 e. The molecular formula is C14H14F3N3O2. The predicted octanol–water partition coefficient (Wildman–Crippen LogP) is 2.34. The van der Waals surface area contributed by atoms with Gasteiger partial charge in [-0.05, 0) is 24.7 Å². The highest BCUT2D eigenvalue weighted by molar-refractivity contribution is 5.91. The van der Waals surface area contributed by atoms with Crippen LogP contribution in [0.25, 0.3) is 0 Å². The van der Waals surface area contributed by atoms with E-state index in [4.69, 9.17) is 4.42 Å². The number of carbonyl (C=O) groups excluding carboxylic acids is 1. The molecule has 0 unspecified atom stereocenters. The van der Waals surface area contributed by atoms with Crippen LogP contribution in [-0.2, 0) is 19.3 Å². The Hall–Kier alpha value is -2.35. The Morgan fingerprint density at radius 3 is 2.77 bits per heavy atom. The van der Waals surface area contributed by atoms with Crippen LogP contribution in [0, 0.1) is 0 Å². The van der Waals surface area contributed by atoms with Crippen molar-refractivity contribution < 1.29 is 22.4 Å². The van der Waals surface area contributed by atoms with Crippen LogP contribution in [0.2, 0.25) is 0 Å². The Morgan fingerprint density at radius 1 is 1.32 bits per heavy atom. The van der Waals surface area contributed by atoms with Crippen LogP contribution in [0.4, 0.5) is 13.2 Å². The van der Waals surface area contributed by atoms with Crippen LogP contribution in [0.15, 0.2) is 34.9 Å². The third-order valence-corrected chi connectivity index (χ3v) is 2.82. The molecule has 5 nitrogen and oxygen atoms in total. The fraction of sp³-hybridized carbons (Fsp3) is 0.286. The first kappa shape index (κ1) is 16.0. The summed E-state index contributed by atoms with van der Waals surface area (Å²) in [6, 6.07) is 4.78. The number of amides is 1. The highest BCUT2D eigenvalue weighted by atomic mass is 19.4. The molecule has 118 valence electrons. The van der Waals surface area contributed by atoms with Crippen molar-refractivity contribution in [3.8, 4) is 0 Å². The van der Waals surface area contributed by atoms with E-state index < -0.39 is 17.6 Å². The van der Waals surface area contributed by atoms with Crippen LogP contribution >= 0.6 is 0 Å². The van der Waals surface area contributed by atoms with Crippen molar-refractivity contribution >= 4 is 5.91 Å². The van der Waals surface area contributed by atoms with E-state index in [0.717, 1.165) is 12.1 Å². The number of carbonyl (C=O) groups is 1. The van der Waals surface area contributed by atoms with E-state index in [1.165, 1.54) is 18.4 Å². The molecule has 0 bridgehead atoms. The number of oxazole rings is 1. The molecule has 0 saturated carbocycles. The Kier molecular flexibility index (Phi) is 4.81. The maximum absolute atomic E-state index is 12.6. The summed E-state index contributed by atoms with van der Waals surface area (Å²) in [6.45, 7) is 0.345. The second kappa shape index (κ2) is 6.61. The van der Waals surface area contributed by atoms with Gasteiger partial charge >= 0.3 is 6.18 Å². The minimum absolute atomic E-state index is 0.0308. The van der Waals surface area contributed by atoms with Crippen LogP contribution < -0.4 is 10.6 Å². The van der Waals surface area contributed by atoms with Crippen molar-refractivity contribution in [2.45, 2.75) is 19.3 Å². The molecule has 0 spiro atoms. The molecule has 0 aliphatic carbocycles. The van der Waals surface area contributed by atoms with Crippen LogP contribution in [0.3, 0.4) is 0 Å². The SMILES string of the molecule is CNCc1nc(C(=O)NCc2cccc(C(F)(F)F)c2)co1. The molecule has 2 N–H and O–H groups in total. The lowest BCUT2D eigenvalue weighted by Gasteiger charge is -2.09. The van der Waals surface area contributed by atoms with Gasteiger partial charge in [-0.25, -0.2) is 4.98 Å². The molecule has 8 heteroatoms. The van der Waals surface area contributed by atoms with E-state index in [1.54, 1.807) is 7.05 Å². The Morgan fingerprint density at radius 2 is 2.09 bits per heavy atom. The summed E-state index contributed by atoms with van der Waals surface area (Å²) in [7, 11) is 1.71. The van der Waals surface area contributed by atoms with Gasteiger partial charge in [-0.3, -0.25) is 4.79 Å². The molecule has 0 radical (unpaired) electrons. The average molecular weight is 313 g/mol. The largest absolute Gasteiger partial charge is 0.447 e. The van der Waals surface area contributed by atoms with Gasteiger partial charge in [0, 0.05) is 6.54 Å². The van der Waals surface area contributed by atoms with E-state index in [1.807, 2.05) is 0 Å². The first-order valence-electron chi connectivity index (χ1n) is 6.43. The average Bonchev–Trinajstić information content (AvgIpc) is 2.93. The Bertz CT molecular complexity index is 653. The summed E-state index contributed by atoms with van der Waals surface area (Å²) in [6.07, 6.45) is -3.21. The molecule has 2 rings (SSSR count). The van der Waals surface area contributed by atoms with Crippen molar-refractivity contribution in [1.29, 1.82) is 0 Å². The lowest BCUT2D eigenvalue weighted by atomic mass is 10.1. The first-order chi connectivity index (χ1) is 10.4. The molecule has 22 heavy (non-hydrogen) atoms. The Balaban J connectivity index is 1.98. The molecular weight excluding hydrogens is 299 g/mol. The lowest BCUT2D eigenvalue weighted by Crippen LogP contribution is -2.23. The number of hydrogen-bond donors (Lipinski definition) is 2. The second-order valence-electron chi connectivity index (χ2n) is 4.54. The molecule has 1 heterocycles. The quantitative estimate of drug-likeness (QED) is 0.889. The number of hydrogen-bond acceptors (Lipinski definition) is 4. The second-order valence-corrected chi connectivity index (χ2v) is 4.54. The van der Waals surface area contributed by atoms with Crippen molar-refractivity contribution in [3.05, 3.63) is 53.2 Å². The van der Waals surface area contributed by atoms with Gasteiger partial charge in [0.2, 0.25) is 5.89 Å². The van der Waals surface area contributed by atoms with Gasteiger partial charge in [0.25, 0.3) is 5.91 Å². The normalized spacial score (nSPS) is 11.5. The zero-order chi connectivity index (χ0) is 16.2. The zero-order valence-corrected chi connectivity index (χ0v) is 11.7. The van der Waals surface area contributed by atoms with Crippen LogP contribution in [-0.4, -0.2) is 17.9 Å². The van der Waals surface area contributed by atoms with Gasteiger partial charge in [-0.2, -0.15) is 13.2 Å². The molecule has 1 aromatic heterocycles. The maximum atomic E-state index is 12.6. The highest BCUT2D eigenvalue weighted by Crippen LogP contribution is 2.29. The third-order valence-electron chi connectivity index (χ3n) is 2.82. The van der Waals surface area contributed by atoms with E-state index in [-0.39, 0.29) is 12.2 Å². The topological polar surface area (TPSA) is 67.2 Å². The van der Waals surface area contributed by atoms with Crippen molar-refractivity contribution in [2.75, 3.05) is 7.05 Å². The van der Waals surface area contributed by atoms with E-state index in [0.29, 0.717) is 18.0 Å². The molecule has 0 aliphatic rings. The third kappa shape index (κ3) is 4.08. The summed E-state index contributed by atoms with van der Waals surface area (Å²) in [5.74, 6) is -0.157. The number of nitrogens with zero attached hydrogens (tertiary/aromatic N) is 1. The summed E-state index contributed by atoms with van der Waals surface area (Å²) >= 11 is 0. The van der Waals surface area contributed by atoms with Crippen LogP contribution in [0.5, 0.6) is 0 Å². The molecule has 0 atom stereocenters. The van der Waals surface area contributed by atoms with Gasteiger partial charge < -0.3 is 15.1 Å². The van der Waals surface area contributed by atoms with Gasteiger partial charge in [0.1, 0.15) is 6.26 Å². The number of nitrogens with one attached hydrogen (secondary N) is 2. The molecule has 1 aromatic carbocycles. The fourth-order valence-corrected chi connectivity index (χ4v) is 1.78. The number of benzene rings is 1. The Labute approximate surface area is 124 Å². The predicted molar refractivity (Wildman–Crippen MR) is 71.9 cm³/mol. The van der Waals surface area contributed by atoms with Gasteiger partial charge in [0.15, 0.2) is 5.69 Å².